The molecule has 0 aliphatic heterocycles. The van der Waals surface area contributed by atoms with Gasteiger partial charge >= 0.3 is 0 Å². The number of hydrogen-bond acceptors (Lipinski definition) is 3. The van der Waals surface area contributed by atoms with Crippen LogP contribution in [-0.4, -0.2) is 32.7 Å². The van der Waals surface area contributed by atoms with Gasteiger partial charge in [-0.1, -0.05) is 12.1 Å². The molecule has 0 radical (unpaired) electrons. The zero-order valence-electron chi connectivity index (χ0n) is 10.3. The highest BCUT2D eigenvalue weighted by Gasteiger charge is 2.18. The number of ether oxygens (including phenoxy) is 1. The monoisotopic (exact) mass is 258 g/mol. The van der Waals surface area contributed by atoms with Gasteiger partial charge in [-0.2, -0.15) is 0 Å². The Kier molecular flexibility index (Phi) is 6.80. The summed E-state index contributed by atoms with van der Waals surface area (Å²) in [5.74, 6) is -0.146. The summed E-state index contributed by atoms with van der Waals surface area (Å²) in [6.07, 6.45) is 0. The highest BCUT2D eigenvalue weighted by molar-refractivity contribution is 5.96. The third kappa shape index (κ3) is 4.34. The van der Waals surface area contributed by atoms with Gasteiger partial charge in [0, 0.05) is 19.8 Å². The molecule has 0 aliphatic rings. The Hall–Kier alpha value is -1.10. The highest BCUT2D eigenvalue weighted by atomic mass is 35.5. The van der Waals surface area contributed by atoms with Gasteiger partial charge in [0.1, 0.15) is 6.04 Å². The van der Waals surface area contributed by atoms with E-state index in [4.69, 9.17) is 10.5 Å². The zero-order chi connectivity index (χ0) is 12.1. The molecule has 0 bridgehead atoms. The topological polar surface area (TPSA) is 55.6 Å². The van der Waals surface area contributed by atoms with Crippen LogP contribution >= 0.6 is 12.4 Å². The Balaban J connectivity index is 0.00000256. The van der Waals surface area contributed by atoms with Crippen molar-refractivity contribution in [1.29, 1.82) is 0 Å². The van der Waals surface area contributed by atoms with E-state index in [0.29, 0.717) is 0 Å². The number of aryl methyl sites for hydroxylation is 1. The molecule has 96 valence electrons. The lowest BCUT2D eigenvalue weighted by atomic mass is 10.2. The van der Waals surface area contributed by atoms with Gasteiger partial charge in [0.15, 0.2) is 0 Å². The molecule has 0 aromatic heterocycles. The number of amides is 1. The molecule has 1 rings (SSSR count). The number of benzene rings is 1. The van der Waals surface area contributed by atoms with Gasteiger partial charge < -0.3 is 15.4 Å². The molecule has 4 nitrogen and oxygen atoms in total. The van der Waals surface area contributed by atoms with E-state index in [1.54, 1.807) is 11.9 Å². The van der Waals surface area contributed by atoms with Crippen LogP contribution in [-0.2, 0) is 9.53 Å². The number of methoxy groups -OCH3 is 1. The predicted octanol–water partition coefficient (Wildman–Crippen LogP) is 1.35. The van der Waals surface area contributed by atoms with Crippen molar-refractivity contribution >= 4 is 24.0 Å². The largest absolute Gasteiger partial charge is 0.383 e. The van der Waals surface area contributed by atoms with Crippen LogP contribution in [0, 0.1) is 6.92 Å². The lowest BCUT2D eigenvalue weighted by Crippen LogP contribution is -2.44. The number of nitrogens with zero attached hydrogens (tertiary/aromatic N) is 1. The standard InChI is InChI=1S/C12H18N2O2.ClH/c1-9-5-4-6-10(7-9)14(2)12(15)11(13)8-16-3;/h4-7,11H,8,13H2,1-3H3;1H. The molecular formula is C12H19ClN2O2. The maximum atomic E-state index is 11.9. The number of carbonyl (C=O) groups is 1. The van der Waals surface area contributed by atoms with E-state index < -0.39 is 6.04 Å². The molecule has 0 spiro atoms. The normalized spacial score (nSPS) is 11.5. The minimum absolute atomic E-state index is 0. The second-order valence-electron chi connectivity index (χ2n) is 3.80. The van der Waals surface area contributed by atoms with Gasteiger partial charge in [-0.3, -0.25) is 4.79 Å². The van der Waals surface area contributed by atoms with E-state index in [1.807, 2.05) is 31.2 Å². The van der Waals surface area contributed by atoms with Gasteiger partial charge in [-0.15, -0.1) is 12.4 Å². The lowest BCUT2D eigenvalue weighted by Gasteiger charge is -2.21. The maximum Gasteiger partial charge on any atom is 0.246 e. The van der Waals surface area contributed by atoms with Gasteiger partial charge in [0.2, 0.25) is 5.91 Å². The number of hydrogen-bond donors (Lipinski definition) is 1. The van der Waals surface area contributed by atoms with Crippen LogP contribution in [0.2, 0.25) is 0 Å². The minimum Gasteiger partial charge on any atom is -0.383 e. The molecule has 1 aromatic rings. The van der Waals surface area contributed by atoms with Gasteiger partial charge in [0.05, 0.1) is 6.61 Å². The van der Waals surface area contributed by atoms with Crippen molar-refractivity contribution in [2.24, 2.45) is 5.73 Å². The molecule has 0 heterocycles. The molecule has 0 fully saturated rings. The minimum atomic E-state index is -0.615. The molecule has 1 unspecified atom stereocenters. The number of carbonyl (C=O) groups excluding carboxylic acids is 1. The van der Waals surface area contributed by atoms with Crippen molar-refractivity contribution in [3.8, 4) is 0 Å². The number of likely N-dealkylation sites (N-methyl/N-ethyl adjacent to an activating group) is 1. The first kappa shape index (κ1) is 15.9. The molecule has 0 aliphatic carbocycles. The van der Waals surface area contributed by atoms with E-state index in [9.17, 15) is 4.79 Å². The zero-order valence-corrected chi connectivity index (χ0v) is 11.2. The number of nitrogens with two attached hydrogens (primary N) is 1. The first-order valence-electron chi connectivity index (χ1n) is 5.15. The summed E-state index contributed by atoms with van der Waals surface area (Å²) in [5, 5.41) is 0. The van der Waals surface area contributed by atoms with Gasteiger partial charge in [-0.05, 0) is 24.6 Å². The molecule has 0 saturated carbocycles. The summed E-state index contributed by atoms with van der Waals surface area (Å²) in [6, 6.07) is 7.10. The van der Waals surface area contributed by atoms with Crippen molar-refractivity contribution in [2.75, 3.05) is 25.7 Å². The third-order valence-corrected chi connectivity index (χ3v) is 2.38. The Labute approximate surface area is 108 Å². The fraction of sp³-hybridized carbons (Fsp3) is 0.417. The number of halogens is 1. The van der Waals surface area contributed by atoms with Crippen LogP contribution in [0.1, 0.15) is 5.56 Å². The van der Waals surface area contributed by atoms with E-state index in [0.717, 1.165) is 11.3 Å². The summed E-state index contributed by atoms with van der Waals surface area (Å²) in [4.78, 5) is 13.4. The molecule has 5 heteroatoms. The molecule has 1 amide bonds. The van der Waals surface area contributed by atoms with E-state index in [1.165, 1.54) is 7.11 Å². The van der Waals surface area contributed by atoms with Crippen LogP contribution in [0.5, 0.6) is 0 Å². The van der Waals surface area contributed by atoms with E-state index in [-0.39, 0.29) is 24.9 Å². The average molecular weight is 259 g/mol. The summed E-state index contributed by atoms with van der Waals surface area (Å²) >= 11 is 0. The summed E-state index contributed by atoms with van der Waals surface area (Å²) in [6.45, 7) is 2.21. The first-order valence-corrected chi connectivity index (χ1v) is 5.15. The molecule has 1 atom stereocenters. The summed E-state index contributed by atoms with van der Waals surface area (Å²) in [5.41, 5.74) is 7.64. The number of rotatable bonds is 4. The first-order chi connectivity index (χ1) is 7.56. The van der Waals surface area contributed by atoms with Crippen LogP contribution in [0.4, 0.5) is 5.69 Å². The SMILES string of the molecule is COCC(N)C(=O)N(C)c1cccc(C)c1.Cl. The van der Waals surface area contributed by atoms with E-state index in [2.05, 4.69) is 0 Å². The van der Waals surface area contributed by atoms with Gasteiger partial charge in [0.25, 0.3) is 0 Å². The Bertz CT molecular complexity index is 371. The van der Waals surface area contributed by atoms with E-state index >= 15 is 0 Å². The Morgan fingerprint density at radius 2 is 2.18 bits per heavy atom. The van der Waals surface area contributed by atoms with Gasteiger partial charge in [-0.25, -0.2) is 0 Å². The van der Waals surface area contributed by atoms with Crippen molar-refractivity contribution in [3.63, 3.8) is 0 Å². The van der Waals surface area contributed by atoms with Crippen LogP contribution in [0.25, 0.3) is 0 Å². The predicted molar refractivity (Wildman–Crippen MR) is 71.7 cm³/mol. The maximum absolute atomic E-state index is 11.9. The van der Waals surface area contributed by atoms with Crippen LogP contribution in [0.15, 0.2) is 24.3 Å². The van der Waals surface area contributed by atoms with Crippen molar-refractivity contribution < 1.29 is 9.53 Å². The summed E-state index contributed by atoms with van der Waals surface area (Å²) < 4.78 is 4.86. The quantitative estimate of drug-likeness (QED) is 0.887. The van der Waals surface area contributed by atoms with Crippen LogP contribution < -0.4 is 10.6 Å². The third-order valence-electron chi connectivity index (χ3n) is 2.38. The Morgan fingerprint density at radius 1 is 1.53 bits per heavy atom. The number of anilines is 1. The fourth-order valence-electron chi connectivity index (χ4n) is 1.46. The molecule has 17 heavy (non-hydrogen) atoms. The van der Waals surface area contributed by atoms with Crippen molar-refractivity contribution in [2.45, 2.75) is 13.0 Å². The van der Waals surface area contributed by atoms with Crippen molar-refractivity contribution in [1.82, 2.24) is 0 Å². The second kappa shape index (κ2) is 7.27. The fourth-order valence-corrected chi connectivity index (χ4v) is 1.46. The highest BCUT2D eigenvalue weighted by Crippen LogP contribution is 2.14. The molecule has 0 saturated heterocycles. The smallest absolute Gasteiger partial charge is 0.246 e. The van der Waals surface area contributed by atoms with Crippen molar-refractivity contribution in [3.05, 3.63) is 29.8 Å². The molecular weight excluding hydrogens is 240 g/mol. The molecule has 1 aromatic carbocycles. The Morgan fingerprint density at radius 3 is 2.71 bits per heavy atom. The second-order valence-corrected chi connectivity index (χ2v) is 3.80. The lowest BCUT2D eigenvalue weighted by molar-refractivity contribution is -0.120. The molecule has 2 N–H and O–H groups in total. The van der Waals surface area contributed by atoms with Crippen LogP contribution in [0.3, 0.4) is 0 Å². The summed E-state index contributed by atoms with van der Waals surface area (Å²) in [7, 11) is 3.24. The average Bonchev–Trinajstić information content (AvgIpc) is 2.27.